The summed E-state index contributed by atoms with van der Waals surface area (Å²) in [4.78, 5) is 36.4. The molecule has 1 amide bonds. The highest BCUT2D eigenvalue weighted by Gasteiger charge is 2.19. The van der Waals surface area contributed by atoms with Crippen molar-refractivity contribution in [2.45, 2.75) is 32.0 Å². The first-order valence-electron chi connectivity index (χ1n) is 12.4. The predicted octanol–water partition coefficient (Wildman–Crippen LogP) is 3.52. The van der Waals surface area contributed by atoms with E-state index < -0.39 is 23.1 Å². The zero-order valence-electron chi connectivity index (χ0n) is 20.9. The Balaban J connectivity index is 1.29. The van der Waals surface area contributed by atoms with Gasteiger partial charge in [0.15, 0.2) is 11.6 Å². The Morgan fingerprint density at radius 2 is 1.87 bits per heavy atom. The van der Waals surface area contributed by atoms with E-state index in [1.165, 1.54) is 23.2 Å². The van der Waals surface area contributed by atoms with Gasteiger partial charge < -0.3 is 15.0 Å². The number of rotatable bonds is 7. The SMILES string of the molecule is CN1CCC(Oc2ccnc3ccc(CNC(=O)c4cncn(Cc5ccc(F)c(F)c5)c4=O)cc23)CC1. The number of likely N-dealkylation sites (tertiary alicyclic amines) is 1. The first-order valence-corrected chi connectivity index (χ1v) is 12.4. The second kappa shape index (κ2) is 11.1. The van der Waals surface area contributed by atoms with Crippen molar-refractivity contribution in [3.63, 3.8) is 0 Å². The number of hydrogen-bond donors (Lipinski definition) is 1. The van der Waals surface area contributed by atoms with Crippen molar-refractivity contribution in [1.82, 2.24) is 24.8 Å². The highest BCUT2D eigenvalue weighted by molar-refractivity contribution is 5.93. The molecule has 0 spiro atoms. The molecule has 10 heteroatoms. The van der Waals surface area contributed by atoms with Crippen molar-refractivity contribution in [1.29, 1.82) is 0 Å². The number of benzene rings is 2. The molecule has 0 atom stereocenters. The predicted molar refractivity (Wildman–Crippen MR) is 138 cm³/mol. The van der Waals surface area contributed by atoms with Gasteiger partial charge >= 0.3 is 0 Å². The van der Waals surface area contributed by atoms with Crippen molar-refractivity contribution in [3.8, 4) is 5.75 Å². The Morgan fingerprint density at radius 1 is 1.08 bits per heavy atom. The maximum absolute atomic E-state index is 13.5. The molecule has 0 unspecified atom stereocenters. The number of halogens is 2. The summed E-state index contributed by atoms with van der Waals surface area (Å²) in [5.74, 6) is -1.82. The molecule has 1 N–H and O–H groups in total. The fraction of sp³-hybridized carbons (Fsp3) is 0.286. The molecule has 1 saturated heterocycles. The molecule has 8 nitrogen and oxygen atoms in total. The highest BCUT2D eigenvalue weighted by atomic mass is 19.2. The van der Waals surface area contributed by atoms with Gasteiger partial charge in [-0.15, -0.1) is 0 Å². The molecule has 0 saturated carbocycles. The molecule has 1 aliphatic rings. The number of ether oxygens (including phenoxy) is 1. The standard InChI is InChI=1S/C28H27F2N5O3/c1-34-10-7-20(8-11-34)38-26-6-9-32-25-5-3-18(12-21(25)26)14-33-27(36)22-15-31-17-35(28(22)37)16-19-2-4-23(29)24(30)13-19/h2-6,9,12-13,15,17,20H,7-8,10-11,14,16H2,1H3,(H,33,36). The van der Waals surface area contributed by atoms with Crippen LogP contribution in [0.25, 0.3) is 10.9 Å². The molecular formula is C28H27F2N5O3. The van der Waals surface area contributed by atoms with E-state index in [0.29, 0.717) is 5.56 Å². The molecule has 4 aromatic rings. The van der Waals surface area contributed by atoms with Crippen molar-refractivity contribution in [2.75, 3.05) is 20.1 Å². The van der Waals surface area contributed by atoms with Gasteiger partial charge in [0.2, 0.25) is 0 Å². The molecule has 5 rings (SSSR count). The Hall–Kier alpha value is -4.18. The van der Waals surface area contributed by atoms with Crippen LogP contribution in [0.15, 0.2) is 66.0 Å². The maximum atomic E-state index is 13.5. The van der Waals surface area contributed by atoms with Crippen LogP contribution < -0.4 is 15.6 Å². The van der Waals surface area contributed by atoms with Crippen LogP contribution in [0.2, 0.25) is 0 Å². The van der Waals surface area contributed by atoms with Crippen LogP contribution >= 0.6 is 0 Å². The van der Waals surface area contributed by atoms with Gasteiger partial charge in [-0.25, -0.2) is 13.8 Å². The number of hydrogen-bond acceptors (Lipinski definition) is 6. The third-order valence-electron chi connectivity index (χ3n) is 6.66. The lowest BCUT2D eigenvalue weighted by Crippen LogP contribution is -2.35. The average molecular weight is 520 g/mol. The van der Waals surface area contributed by atoms with E-state index >= 15 is 0 Å². The summed E-state index contributed by atoms with van der Waals surface area (Å²) >= 11 is 0. The summed E-state index contributed by atoms with van der Waals surface area (Å²) in [5, 5.41) is 3.62. The third kappa shape index (κ3) is 5.70. The Labute approximate surface area is 217 Å². The van der Waals surface area contributed by atoms with Gasteiger partial charge in [-0.2, -0.15) is 0 Å². The van der Waals surface area contributed by atoms with E-state index in [1.807, 2.05) is 24.3 Å². The summed E-state index contributed by atoms with van der Waals surface area (Å²) in [6.45, 7) is 2.10. The topological polar surface area (TPSA) is 89.3 Å². The first-order chi connectivity index (χ1) is 18.4. The monoisotopic (exact) mass is 519 g/mol. The number of aromatic nitrogens is 3. The normalized spacial score (nSPS) is 14.5. The quantitative estimate of drug-likeness (QED) is 0.402. The Morgan fingerprint density at radius 3 is 2.66 bits per heavy atom. The largest absolute Gasteiger partial charge is 0.490 e. The molecule has 2 aromatic heterocycles. The Kier molecular flexibility index (Phi) is 7.41. The van der Waals surface area contributed by atoms with E-state index in [4.69, 9.17) is 4.74 Å². The molecule has 3 heterocycles. The van der Waals surface area contributed by atoms with Gasteiger partial charge in [0.1, 0.15) is 17.4 Å². The van der Waals surface area contributed by atoms with Gasteiger partial charge in [-0.05, 0) is 61.3 Å². The maximum Gasteiger partial charge on any atom is 0.266 e. The minimum Gasteiger partial charge on any atom is -0.490 e. The first kappa shape index (κ1) is 25.5. The number of piperidine rings is 1. The van der Waals surface area contributed by atoms with Gasteiger partial charge in [0.05, 0.1) is 18.4 Å². The van der Waals surface area contributed by atoms with Crippen molar-refractivity contribution in [2.24, 2.45) is 0 Å². The molecule has 0 radical (unpaired) electrons. The molecule has 196 valence electrons. The average Bonchev–Trinajstić information content (AvgIpc) is 2.92. The molecule has 1 aliphatic heterocycles. The smallest absolute Gasteiger partial charge is 0.266 e. The minimum atomic E-state index is -1.01. The zero-order chi connectivity index (χ0) is 26.6. The van der Waals surface area contributed by atoms with Crippen LogP contribution in [0, 0.1) is 11.6 Å². The van der Waals surface area contributed by atoms with Crippen LogP contribution in [-0.2, 0) is 13.1 Å². The van der Waals surface area contributed by atoms with E-state index in [1.54, 1.807) is 6.20 Å². The number of nitrogens with zero attached hydrogens (tertiary/aromatic N) is 4. The lowest BCUT2D eigenvalue weighted by atomic mass is 10.1. The summed E-state index contributed by atoms with van der Waals surface area (Å²) < 4.78 is 34.3. The number of nitrogens with one attached hydrogen (secondary N) is 1. The third-order valence-corrected chi connectivity index (χ3v) is 6.66. The van der Waals surface area contributed by atoms with E-state index in [-0.39, 0.29) is 24.8 Å². The van der Waals surface area contributed by atoms with Gasteiger partial charge in [0, 0.05) is 37.4 Å². The molecule has 2 aromatic carbocycles. The van der Waals surface area contributed by atoms with Crippen LogP contribution in [0.4, 0.5) is 8.78 Å². The second-order valence-corrected chi connectivity index (χ2v) is 9.45. The molecule has 0 bridgehead atoms. The fourth-order valence-electron chi connectivity index (χ4n) is 4.49. The lowest BCUT2D eigenvalue weighted by molar-refractivity contribution is 0.0948. The lowest BCUT2D eigenvalue weighted by Gasteiger charge is -2.29. The highest BCUT2D eigenvalue weighted by Crippen LogP contribution is 2.28. The van der Waals surface area contributed by atoms with Crippen molar-refractivity contribution >= 4 is 16.8 Å². The van der Waals surface area contributed by atoms with Crippen LogP contribution in [0.3, 0.4) is 0 Å². The van der Waals surface area contributed by atoms with Gasteiger partial charge in [-0.3, -0.25) is 19.1 Å². The second-order valence-electron chi connectivity index (χ2n) is 9.45. The Bertz CT molecular complexity index is 1530. The molecular weight excluding hydrogens is 492 g/mol. The van der Waals surface area contributed by atoms with Gasteiger partial charge in [0.25, 0.3) is 11.5 Å². The van der Waals surface area contributed by atoms with E-state index in [0.717, 1.165) is 60.3 Å². The van der Waals surface area contributed by atoms with Crippen molar-refractivity contribution < 1.29 is 18.3 Å². The molecule has 1 fully saturated rings. The van der Waals surface area contributed by atoms with Crippen LogP contribution in [0.1, 0.15) is 34.3 Å². The summed E-state index contributed by atoms with van der Waals surface area (Å²) in [7, 11) is 2.10. The zero-order valence-corrected chi connectivity index (χ0v) is 20.9. The fourth-order valence-corrected chi connectivity index (χ4v) is 4.49. The number of amides is 1. The van der Waals surface area contributed by atoms with Crippen LogP contribution in [-0.4, -0.2) is 51.6 Å². The number of fused-ring (bicyclic) bond motifs is 1. The summed E-state index contributed by atoms with van der Waals surface area (Å²) in [6.07, 6.45) is 6.21. The summed E-state index contributed by atoms with van der Waals surface area (Å²) in [6, 6.07) is 10.9. The molecule has 38 heavy (non-hydrogen) atoms. The van der Waals surface area contributed by atoms with Crippen LogP contribution in [0.5, 0.6) is 5.75 Å². The minimum absolute atomic E-state index is 0.0537. The van der Waals surface area contributed by atoms with E-state index in [9.17, 15) is 18.4 Å². The van der Waals surface area contributed by atoms with Gasteiger partial charge in [-0.1, -0.05) is 12.1 Å². The molecule has 0 aliphatic carbocycles. The number of pyridine rings is 1. The number of carbonyl (C=O) groups is 1. The summed E-state index contributed by atoms with van der Waals surface area (Å²) in [5.41, 5.74) is 1.24. The number of carbonyl (C=O) groups excluding carboxylic acids is 1. The van der Waals surface area contributed by atoms with Crippen molar-refractivity contribution in [3.05, 3.63) is 99.9 Å². The van der Waals surface area contributed by atoms with E-state index in [2.05, 4.69) is 27.2 Å².